The molecule has 0 aliphatic heterocycles. The van der Waals surface area contributed by atoms with Gasteiger partial charge in [0.05, 0.1) is 23.5 Å². The standard InChI is InChI=1S/C26H21Cl2N3O6S.Na/c1-3-14-9-23(38(34,35)36)21(28)13-22(14)30-31-24-19-7-5-4-6-15(19)8-20(25(24)32)26(33)29-17-10-16(27)11-18(12-17)37-2;/h4-13,32H,3H2,1-2H3,(H,29,33)(H,34,35,36);/q;+1/p-1. The number of carbonyl (C=O) groups is 1. The van der Waals surface area contributed by atoms with Gasteiger partial charge in [-0.25, -0.2) is 0 Å². The van der Waals surface area contributed by atoms with E-state index >= 15 is 0 Å². The number of azo groups is 1. The smallest absolute Gasteiger partial charge is 0.870 e. The average Bonchev–Trinajstić information content (AvgIpc) is 2.86. The quantitative estimate of drug-likeness (QED) is 0.189. The third kappa shape index (κ3) is 6.90. The Bertz CT molecular complexity index is 1710. The van der Waals surface area contributed by atoms with E-state index < -0.39 is 26.7 Å². The van der Waals surface area contributed by atoms with Crippen LogP contribution in [0.4, 0.5) is 17.1 Å². The SMILES string of the molecule is CCc1cc(S(=O)(=O)O)c(Cl)cc1N=Nc1c([O-])c(C(=O)Nc2cc(Cl)cc(OC)c2)cc2ccccc12.[Na+]. The van der Waals surface area contributed by atoms with E-state index in [1.54, 1.807) is 43.3 Å². The van der Waals surface area contributed by atoms with Crippen LogP contribution in [0.1, 0.15) is 22.8 Å². The summed E-state index contributed by atoms with van der Waals surface area (Å²) in [7, 11) is -3.09. The Labute approximate surface area is 256 Å². The molecule has 0 radical (unpaired) electrons. The maximum Gasteiger partial charge on any atom is 1.00 e. The summed E-state index contributed by atoms with van der Waals surface area (Å²) >= 11 is 12.1. The summed E-state index contributed by atoms with van der Waals surface area (Å²) in [5, 5.41) is 25.5. The molecule has 0 heterocycles. The second-order valence-electron chi connectivity index (χ2n) is 8.10. The van der Waals surface area contributed by atoms with Crippen molar-refractivity contribution in [3.63, 3.8) is 0 Å². The van der Waals surface area contributed by atoms with Gasteiger partial charge in [0.15, 0.2) is 0 Å². The fourth-order valence-corrected chi connectivity index (χ4v) is 5.06. The molecule has 0 saturated carbocycles. The molecule has 0 bridgehead atoms. The predicted octanol–water partition coefficient (Wildman–Crippen LogP) is 3.71. The third-order valence-corrected chi connectivity index (χ3v) is 7.17. The van der Waals surface area contributed by atoms with Gasteiger partial charge in [0.1, 0.15) is 10.6 Å². The maximum absolute atomic E-state index is 13.4. The van der Waals surface area contributed by atoms with E-state index in [0.717, 1.165) is 0 Å². The van der Waals surface area contributed by atoms with Crippen molar-refractivity contribution in [3.8, 4) is 11.5 Å². The van der Waals surface area contributed by atoms with Crippen molar-refractivity contribution in [2.45, 2.75) is 18.2 Å². The van der Waals surface area contributed by atoms with E-state index in [2.05, 4.69) is 15.5 Å². The number of nitrogens with one attached hydrogen (secondary N) is 1. The van der Waals surface area contributed by atoms with Gasteiger partial charge in [-0.05, 0) is 47.7 Å². The zero-order valence-electron chi connectivity index (χ0n) is 21.0. The van der Waals surface area contributed by atoms with E-state index in [-0.39, 0.29) is 51.5 Å². The summed E-state index contributed by atoms with van der Waals surface area (Å²) in [4.78, 5) is 12.7. The normalized spacial score (nSPS) is 11.4. The molecule has 0 fully saturated rings. The third-order valence-electron chi connectivity index (χ3n) is 5.63. The molecular formula is C26H20Cl2N3NaO6S. The number of halogens is 2. The number of hydrogen-bond donors (Lipinski definition) is 2. The number of nitrogens with zero attached hydrogens (tertiary/aromatic N) is 2. The number of aryl methyl sites for hydroxylation is 1. The minimum atomic E-state index is -4.55. The minimum absolute atomic E-state index is 0. The number of anilines is 1. The van der Waals surface area contributed by atoms with Crippen LogP contribution in [-0.4, -0.2) is 26.0 Å². The number of benzene rings is 4. The molecule has 1 amide bonds. The first kappa shape index (κ1) is 30.8. The number of carbonyl (C=O) groups excluding carboxylic acids is 1. The minimum Gasteiger partial charge on any atom is -0.870 e. The van der Waals surface area contributed by atoms with Crippen molar-refractivity contribution >= 4 is 67.1 Å². The van der Waals surface area contributed by atoms with Crippen LogP contribution < -0.4 is 44.7 Å². The molecule has 4 aromatic rings. The summed E-state index contributed by atoms with van der Waals surface area (Å²) in [6, 6.07) is 15.4. The summed E-state index contributed by atoms with van der Waals surface area (Å²) in [5.41, 5.74) is 0.692. The Hall–Kier alpha value is -2.70. The van der Waals surface area contributed by atoms with E-state index in [1.807, 2.05) is 0 Å². The molecule has 4 rings (SSSR count). The van der Waals surface area contributed by atoms with Crippen molar-refractivity contribution in [1.29, 1.82) is 0 Å². The van der Waals surface area contributed by atoms with Crippen LogP contribution >= 0.6 is 23.2 Å². The summed E-state index contributed by atoms with van der Waals surface area (Å²) < 4.78 is 37.8. The molecule has 0 aromatic heterocycles. The Morgan fingerprint density at radius 2 is 1.79 bits per heavy atom. The van der Waals surface area contributed by atoms with E-state index in [0.29, 0.717) is 39.2 Å². The second-order valence-corrected chi connectivity index (χ2v) is 10.3. The van der Waals surface area contributed by atoms with Gasteiger partial charge >= 0.3 is 29.6 Å². The molecular weight excluding hydrogens is 576 g/mol. The van der Waals surface area contributed by atoms with Crippen molar-refractivity contribution in [1.82, 2.24) is 0 Å². The number of amides is 1. The number of rotatable bonds is 7. The van der Waals surface area contributed by atoms with E-state index in [9.17, 15) is 22.9 Å². The fourth-order valence-electron chi connectivity index (χ4n) is 3.79. The molecule has 0 spiro atoms. The van der Waals surface area contributed by atoms with Crippen molar-refractivity contribution < 1.29 is 57.2 Å². The number of hydrogen-bond acceptors (Lipinski definition) is 7. The average molecular weight is 596 g/mol. The van der Waals surface area contributed by atoms with Crippen LogP contribution in [0.5, 0.6) is 11.5 Å². The summed E-state index contributed by atoms with van der Waals surface area (Å²) in [6.45, 7) is 1.75. The Balaban J connectivity index is 0.00000420. The van der Waals surface area contributed by atoms with Crippen LogP contribution in [0, 0.1) is 0 Å². The second kappa shape index (κ2) is 12.6. The first-order valence-electron chi connectivity index (χ1n) is 11.1. The van der Waals surface area contributed by atoms with Gasteiger partial charge in [0.2, 0.25) is 0 Å². The number of ether oxygens (including phenoxy) is 1. The molecule has 0 aliphatic rings. The topological polar surface area (TPSA) is 140 Å². The monoisotopic (exact) mass is 595 g/mol. The van der Waals surface area contributed by atoms with Crippen molar-refractivity contribution in [2.24, 2.45) is 10.2 Å². The Kier molecular flexibility index (Phi) is 10.0. The molecule has 0 aliphatic carbocycles. The predicted molar refractivity (Wildman–Crippen MR) is 144 cm³/mol. The van der Waals surface area contributed by atoms with Gasteiger partial charge in [-0.2, -0.15) is 18.6 Å². The first-order chi connectivity index (χ1) is 18.0. The molecule has 0 saturated heterocycles. The van der Waals surface area contributed by atoms with Gasteiger partial charge in [-0.1, -0.05) is 60.1 Å². The first-order valence-corrected chi connectivity index (χ1v) is 13.3. The van der Waals surface area contributed by atoms with Gasteiger partial charge in [-0.3, -0.25) is 9.35 Å². The maximum atomic E-state index is 13.4. The molecule has 39 heavy (non-hydrogen) atoms. The molecule has 4 aromatic carbocycles. The van der Waals surface area contributed by atoms with E-state index in [4.69, 9.17) is 27.9 Å². The fraction of sp³-hybridized carbons (Fsp3) is 0.115. The van der Waals surface area contributed by atoms with Gasteiger partial charge < -0.3 is 15.2 Å². The van der Waals surface area contributed by atoms with Gasteiger partial charge in [-0.15, -0.1) is 0 Å². The summed E-state index contributed by atoms with van der Waals surface area (Å²) in [6.07, 6.45) is 0.338. The van der Waals surface area contributed by atoms with Crippen molar-refractivity contribution in [3.05, 3.63) is 81.8 Å². The van der Waals surface area contributed by atoms with Crippen LogP contribution in [-0.2, 0) is 16.5 Å². The van der Waals surface area contributed by atoms with Crippen LogP contribution in [0.2, 0.25) is 10.0 Å². The molecule has 0 atom stereocenters. The summed E-state index contributed by atoms with van der Waals surface area (Å²) in [5.74, 6) is -0.928. The van der Waals surface area contributed by atoms with Crippen LogP contribution in [0.15, 0.2) is 75.8 Å². The molecule has 2 N–H and O–H groups in total. The molecule has 9 nitrogen and oxygen atoms in total. The van der Waals surface area contributed by atoms with Gasteiger partial charge in [0, 0.05) is 27.7 Å². The van der Waals surface area contributed by atoms with Crippen molar-refractivity contribution in [2.75, 3.05) is 12.4 Å². The molecule has 13 heteroatoms. The zero-order valence-corrected chi connectivity index (χ0v) is 25.4. The Morgan fingerprint density at radius 1 is 1.08 bits per heavy atom. The zero-order chi connectivity index (χ0) is 27.6. The van der Waals surface area contributed by atoms with Crippen LogP contribution in [0.25, 0.3) is 10.8 Å². The van der Waals surface area contributed by atoms with Gasteiger partial charge in [0.25, 0.3) is 16.0 Å². The van der Waals surface area contributed by atoms with E-state index in [1.165, 1.54) is 31.4 Å². The molecule has 196 valence electrons. The Morgan fingerprint density at radius 3 is 2.46 bits per heavy atom. The number of methoxy groups -OCH3 is 1. The van der Waals surface area contributed by atoms with Crippen LogP contribution in [0.3, 0.4) is 0 Å². The largest absolute Gasteiger partial charge is 1.00 e. The number of fused-ring (bicyclic) bond motifs is 1. The molecule has 0 unspecified atom stereocenters.